The topological polar surface area (TPSA) is 71.6 Å². The van der Waals surface area contributed by atoms with E-state index in [1.807, 2.05) is 6.92 Å². The first-order chi connectivity index (χ1) is 16.1. The van der Waals surface area contributed by atoms with E-state index in [0.717, 1.165) is 6.07 Å². The van der Waals surface area contributed by atoms with Crippen LogP contribution >= 0.6 is 11.6 Å². The van der Waals surface area contributed by atoms with Crippen molar-refractivity contribution < 1.29 is 31.8 Å². The van der Waals surface area contributed by atoms with Gasteiger partial charge >= 0.3 is 12.2 Å². The highest BCUT2D eigenvalue weighted by Crippen LogP contribution is 2.52. The highest BCUT2D eigenvalue weighted by Gasteiger charge is 2.62. The molecule has 3 N–H and O–H groups in total. The van der Waals surface area contributed by atoms with Gasteiger partial charge in [0.1, 0.15) is 11.6 Å². The third-order valence-corrected chi connectivity index (χ3v) is 6.36. The van der Waals surface area contributed by atoms with Gasteiger partial charge in [-0.05, 0) is 44.0 Å². The van der Waals surface area contributed by atoms with Crippen molar-refractivity contribution in [2.75, 3.05) is 11.9 Å². The molecular formula is C23H24ClF4N3O3. The maximum atomic E-state index is 13.9. The lowest BCUT2D eigenvalue weighted by Crippen LogP contribution is -2.59. The Bertz CT molecular complexity index is 1050. The van der Waals surface area contributed by atoms with Crippen LogP contribution in [0.15, 0.2) is 42.5 Å². The molecule has 34 heavy (non-hydrogen) atoms. The molecule has 0 saturated carbocycles. The zero-order chi connectivity index (χ0) is 24.5. The highest BCUT2D eigenvalue weighted by atomic mass is 35.5. The minimum atomic E-state index is -4.61. The number of halogens is 5. The van der Waals surface area contributed by atoms with Crippen LogP contribution in [0.1, 0.15) is 31.7 Å². The molecule has 0 radical (unpaired) electrons. The van der Waals surface area contributed by atoms with Gasteiger partial charge in [0.15, 0.2) is 11.8 Å². The molecule has 0 aliphatic carbocycles. The van der Waals surface area contributed by atoms with Crippen molar-refractivity contribution >= 4 is 23.3 Å². The first-order valence-corrected chi connectivity index (χ1v) is 11.2. The summed E-state index contributed by atoms with van der Waals surface area (Å²) in [5.74, 6) is -0.652. The summed E-state index contributed by atoms with van der Waals surface area (Å²) in [6, 6.07) is 8.58. The van der Waals surface area contributed by atoms with Crippen LogP contribution < -0.4 is 20.7 Å². The molecule has 0 spiro atoms. The molecule has 0 bridgehead atoms. The molecule has 2 aliphatic rings. The number of ether oxygens (including phenoxy) is 2. The Hall–Kier alpha value is -2.56. The third-order valence-electron chi connectivity index (χ3n) is 6.06. The number of para-hydroxylation sites is 1. The number of amides is 2. The number of carbonyl (C=O) groups excluding carboxylic acids is 1. The fourth-order valence-electron chi connectivity index (χ4n) is 4.17. The summed E-state index contributed by atoms with van der Waals surface area (Å²) < 4.78 is 66.4. The van der Waals surface area contributed by atoms with E-state index in [4.69, 9.17) is 21.1 Å². The Kier molecular flexibility index (Phi) is 6.93. The quantitative estimate of drug-likeness (QED) is 0.485. The van der Waals surface area contributed by atoms with Crippen LogP contribution in [0.3, 0.4) is 0 Å². The first-order valence-electron chi connectivity index (χ1n) is 10.8. The molecular weight excluding hydrogens is 478 g/mol. The smallest absolute Gasteiger partial charge is 0.421 e. The number of piperidine rings is 1. The van der Waals surface area contributed by atoms with Crippen molar-refractivity contribution in [3.8, 4) is 5.75 Å². The number of carbonyl (C=O) groups is 1. The van der Waals surface area contributed by atoms with Crippen molar-refractivity contribution in [3.63, 3.8) is 0 Å². The van der Waals surface area contributed by atoms with Crippen LogP contribution in [-0.2, 0) is 10.3 Å². The number of anilines is 1. The van der Waals surface area contributed by atoms with E-state index in [-0.39, 0.29) is 41.1 Å². The molecule has 2 saturated heterocycles. The van der Waals surface area contributed by atoms with Crippen LogP contribution in [0.4, 0.5) is 28.0 Å². The Morgan fingerprint density at radius 3 is 2.62 bits per heavy atom. The molecule has 4 unspecified atom stereocenters. The lowest BCUT2D eigenvalue weighted by Gasteiger charge is -2.44. The largest absolute Gasteiger partial charge is 0.473 e. The molecule has 2 aliphatic heterocycles. The minimum Gasteiger partial charge on any atom is -0.473 e. The zero-order valence-electron chi connectivity index (χ0n) is 18.2. The van der Waals surface area contributed by atoms with Gasteiger partial charge in [-0.3, -0.25) is 5.32 Å². The second-order valence-electron chi connectivity index (χ2n) is 8.44. The standard InChI is InChI=1S/C23H24ClF4N3O3/c1-13-6-9-18(31-21(32)30-14-7-8-16(24)17(25)12-14)20(29-13)34-19-5-3-2-4-15(19)22(10-11-33-22)23(26,27)28/h2-5,7-8,12-13,18,20,29H,6,9-11H2,1H3,(H2,30,31,32). The second kappa shape index (κ2) is 9.59. The van der Waals surface area contributed by atoms with Gasteiger partial charge in [-0.25, -0.2) is 9.18 Å². The van der Waals surface area contributed by atoms with E-state index in [2.05, 4.69) is 16.0 Å². The SMILES string of the molecule is CC1CCC(NC(=O)Nc2ccc(Cl)c(F)c2)C(Oc2ccccc2C2(C(F)(F)F)CCO2)N1. The first kappa shape index (κ1) is 24.6. The molecule has 0 aromatic heterocycles. The van der Waals surface area contributed by atoms with E-state index >= 15 is 0 Å². The molecule has 2 heterocycles. The maximum Gasteiger partial charge on any atom is 0.421 e. The normalized spacial score (nSPS) is 26.9. The van der Waals surface area contributed by atoms with E-state index in [0.29, 0.717) is 12.8 Å². The van der Waals surface area contributed by atoms with E-state index < -0.39 is 35.9 Å². The number of hydrogen-bond acceptors (Lipinski definition) is 4. The lowest BCUT2D eigenvalue weighted by molar-refractivity contribution is -0.334. The average Bonchev–Trinajstić information content (AvgIpc) is 2.72. The van der Waals surface area contributed by atoms with Crippen molar-refractivity contribution in [1.29, 1.82) is 0 Å². The van der Waals surface area contributed by atoms with Gasteiger partial charge in [0.05, 0.1) is 17.7 Å². The molecule has 4 atom stereocenters. The van der Waals surface area contributed by atoms with Crippen LogP contribution in [0, 0.1) is 5.82 Å². The number of rotatable bonds is 5. The van der Waals surface area contributed by atoms with Gasteiger partial charge in [-0.1, -0.05) is 29.8 Å². The summed E-state index contributed by atoms with van der Waals surface area (Å²) in [6.45, 7) is 1.92. The fourth-order valence-corrected chi connectivity index (χ4v) is 4.29. The average molecular weight is 502 g/mol. The molecule has 2 fully saturated rings. The maximum absolute atomic E-state index is 13.9. The van der Waals surface area contributed by atoms with Crippen molar-refractivity contribution in [2.24, 2.45) is 0 Å². The minimum absolute atomic E-state index is 0.00218. The van der Waals surface area contributed by atoms with Gasteiger partial charge in [0, 0.05) is 23.7 Å². The Morgan fingerprint density at radius 2 is 1.97 bits per heavy atom. The number of alkyl halides is 3. The van der Waals surface area contributed by atoms with Gasteiger partial charge in [-0.15, -0.1) is 0 Å². The Labute approximate surface area is 198 Å². The number of benzene rings is 2. The van der Waals surface area contributed by atoms with Crippen molar-refractivity contribution in [3.05, 3.63) is 58.9 Å². The third kappa shape index (κ3) is 4.94. The van der Waals surface area contributed by atoms with Gasteiger partial charge < -0.3 is 20.1 Å². The molecule has 11 heteroatoms. The van der Waals surface area contributed by atoms with Crippen LogP contribution in [0.25, 0.3) is 0 Å². The summed E-state index contributed by atoms with van der Waals surface area (Å²) in [4.78, 5) is 12.5. The monoisotopic (exact) mass is 501 g/mol. The molecule has 2 amide bonds. The molecule has 2 aromatic rings. The molecule has 6 nitrogen and oxygen atoms in total. The van der Waals surface area contributed by atoms with Crippen molar-refractivity contribution in [2.45, 2.75) is 56.3 Å². The number of nitrogens with one attached hydrogen (secondary N) is 3. The Morgan fingerprint density at radius 1 is 1.24 bits per heavy atom. The summed E-state index contributed by atoms with van der Waals surface area (Å²) >= 11 is 5.66. The van der Waals surface area contributed by atoms with Gasteiger partial charge in [-0.2, -0.15) is 13.2 Å². The number of hydrogen-bond donors (Lipinski definition) is 3. The summed E-state index contributed by atoms with van der Waals surface area (Å²) in [6.07, 6.45) is -4.39. The summed E-state index contributed by atoms with van der Waals surface area (Å²) in [5, 5.41) is 8.40. The van der Waals surface area contributed by atoms with Crippen LogP contribution in [0.5, 0.6) is 5.75 Å². The molecule has 4 rings (SSSR count). The van der Waals surface area contributed by atoms with E-state index in [1.54, 1.807) is 6.07 Å². The van der Waals surface area contributed by atoms with Gasteiger partial charge in [0.2, 0.25) is 0 Å². The highest BCUT2D eigenvalue weighted by molar-refractivity contribution is 6.30. The molecule has 2 aromatic carbocycles. The predicted molar refractivity (Wildman–Crippen MR) is 118 cm³/mol. The predicted octanol–water partition coefficient (Wildman–Crippen LogP) is 5.32. The second-order valence-corrected chi connectivity index (χ2v) is 8.84. The zero-order valence-corrected chi connectivity index (χ0v) is 19.0. The van der Waals surface area contributed by atoms with Crippen molar-refractivity contribution in [1.82, 2.24) is 10.6 Å². The fraction of sp³-hybridized carbons (Fsp3) is 0.435. The van der Waals surface area contributed by atoms with E-state index in [1.165, 1.54) is 30.3 Å². The van der Waals surface area contributed by atoms with Gasteiger partial charge in [0.25, 0.3) is 0 Å². The van der Waals surface area contributed by atoms with Crippen LogP contribution in [0.2, 0.25) is 5.02 Å². The number of urea groups is 1. The van der Waals surface area contributed by atoms with E-state index in [9.17, 15) is 22.4 Å². The Balaban J connectivity index is 1.51. The lowest BCUT2D eigenvalue weighted by atomic mass is 9.85. The summed E-state index contributed by atoms with van der Waals surface area (Å²) in [7, 11) is 0. The molecule has 184 valence electrons. The summed E-state index contributed by atoms with van der Waals surface area (Å²) in [5.41, 5.74) is -2.31. The van der Waals surface area contributed by atoms with Crippen LogP contribution in [-0.4, -0.2) is 37.1 Å².